The molecular weight excluding hydrogens is 485 g/mol. The highest BCUT2D eigenvalue weighted by Gasteiger charge is 2.44. The van der Waals surface area contributed by atoms with Crippen LogP contribution in [0.1, 0.15) is 97.1 Å². The molecule has 0 aliphatic heterocycles. The molecule has 0 saturated heterocycles. The van der Waals surface area contributed by atoms with E-state index < -0.39 is 11.7 Å². The van der Waals surface area contributed by atoms with Crippen molar-refractivity contribution in [2.24, 2.45) is 10.4 Å². The number of alkyl halides is 3. The number of nitrogens with zero attached hydrogens (tertiary/aromatic N) is 2. The number of amidine groups is 1. The van der Waals surface area contributed by atoms with Gasteiger partial charge in [0.25, 0.3) is 0 Å². The molecule has 0 radical (unpaired) electrons. The zero-order chi connectivity index (χ0) is 28.3. The molecule has 1 saturated carbocycles. The fourth-order valence-corrected chi connectivity index (χ4v) is 4.70. The van der Waals surface area contributed by atoms with Gasteiger partial charge in [0.15, 0.2) is 0 Å². The molecule has 0 bridgehead atoms. The van der Waals surface area contributed by atoms with Crippen molar-refractivity contribution < 1.29 is 13.2 Å². The van der Waals surface area contributed by atoms with Crippen molar-refractivity contribution >= 4 is 11.5 Å². The lowest BCUT2D eigenvalue weighted by Crippen LogP contribution is -2.35. The summed E-state index contributed by atoms with van der Waals surface area (Å²) in [5.74, 6) is 0.886. The number of hydrogen-bond acceptors (Lipinski definition) is 3. The van der Waals surface area contributed by atoms with Gasteiger partial charge in [0.1, 0.15) is 5.84 Å². The van der Waals surface area contributed by atoms with Crippen LogP contribution in [0.5, 0.6) is 0 Å². The van der Waals surface area contributed by atoms with Crippen molar-refractivity contribution in [2.75, 3.05) is 32.0 Å². The Balaban J connectivity index is 2.26. The van der Waals surface area contributed by atoms with E-state index in [0.29, 0.717) is 24.7 Å². The molecule has 1 fully saturated rings. The number of benzene rings is 1. The lowest BCUT2D eigenvalue weighted by atomic mass is 9.95. The molecule has 1 aromatic rings. The molecule has 0 amide bonds. The molecule has 2 N–H and O–H groups in total. The van der Waals surface area contributed by atoms with E-state index in [1.165, 1.54) is 5.56 Å². The maximum atomic E-state index is 14.2. The quantitative estimate of drug-likeness (QED) is 0.135. The van der Waals surface area contributed by atoms with Crippen LogP contribution in [0.15, 0.2) is 46.7 Å². The summed E-state index contributed by atoms with van der Waals surface area (Å²) >= 11 is 0. The van der Waals surface area contributed by atoms with Gasteiger partial charge in [-0.05, 0) is 82.2 Å². The largest absolute Gasteiger partial charge is 0.419 e. The van der Waals surface area contributed by atoms with E-state index in [4.69, 9.17) is 0 Å². The number of aryl methyl sites for hydroxylation is 1. The van der Waals surface area contributed by atoms with Crippen molar-refractivity contribution in [3.05, 3.63) is 52.9 Å². The van der Waals surface area contributed by atoms with Crippen LogP contribution in [0, 0.1) is 5.41 Å². The number of halogens is 3. The minimum absolute atomic E-state index is 0.0463. The number of nitrogens with one attached hydrogen (secondary N) is 2. The second-order valence-electron chi connectivity index (χ2n) is 11.0. The highest BCUT2D eigenvalue weighted by atomic mass is 19.4. The standard InChI is InChI=1S/C31H49F3N4/c1-8-12-13-29(36-21-30(16-17-30)22-38(7)18-9-2)27(31(32,33)34)20-35-24(6)37-28-15-14-26(23(5)10-3)19-25(28)11-4/h13-15,19-20,23,36H,8-12,16-18,21-22H2,1-7H3,(H,35,37)/b27-20+,29-13-. The maximum absolute atomic E-state index is 14.2. The topological polar surface area (TPSA) is 39.7 Å². The van der Waals surface area contributed by atoms with Gasteiger partial charge >= 0.3 is 6.18 Å². The van der Waals surface area contributed by atoms with Crippen LogP contribution in [-0.4, -0.2) is 43.6 Å². The number of unbranched alkanes of at least 4 members (excludes halogenated alkanes) is 1. The van der Waals surface area contributed by atoms with Gasteiger partial charge < -0.3 is 15.5 Å². The first-order chi connectivity index (χ1) is 18.0. The van der Waals surface area contributed by atoms with Crippen molar-refractivity contribution in [3.63, 3.8) is 0 Å². The third-order valence-electron chi connectivity index (χ3n) is 7.45. The van der Waals surface area contributed by atoms with E-state index in [2.05, 4.69) is 67.4 Å². The second kappa shape index (κ2) is 14.8. The molecule has 0 heterocycles. The summed E-state index contributed by atoms with van der Waals surface area (Å²) in [6.07, 6.45) is 4.50. The van der Waals surface area contributed by atoms with Crippen molar-refractivity contribution in [1.29, 1.82) is 0 Å². The lowest BCUT2D eigenvalue weighted by molar-refractivity contribution is -0.0901. The highest BCUT2D eigenvalue weighted by Crippen LogP contribution is 2.46. The zero-order valence-electron chi connectivity index (χ0n) is 24.6. The number of hydrogen-bond donors (Lipinski definition) is 2. The SMILES string of the molecule is CCC/C=C(NCC1(CN(C)CCC)CC1)/C(=C\N=C(C)Nc1ccc(C(C)CC)cc1CC)C(F)(F)F. The molecule has 4 nitrogen and oxygen atoms in total. The highest BCUT2D eigenvalue weighted by molar-refractivity contribution is 5.94. The minimum atomic E-state index is -4.52. The van der Waals surface area contributed by atoms with Crippen LogP contribution in [0.2, 0.25) is 0 Å². The Bertz CT molecular complexity index is 974. The molecule has 7 heteroatoms. The fourth-order valence-electron chi connectivity index (χ4n) is 4.70. The monoisotopic (exact) mass is 534 g/mol. The summed E-state index contributed by atoms with van der Waals surface area (Å²) in [6, 6.07) is 6.27. The lowest BCUT2D eigenvalue weighted by Gasteiger charge is -2.25. The first-order valence-corrected chi connectivity index (χ1v) is 14.3. The minimum Gasteiger partial charge on any atom is -0.384 e. The average molecular weight is 535 g/mol. The Hall–Kier alpha value is -2.28. The van der Waals surface area contributed by atoms with E-state index in [9.17, 15) is 13.2 Å². The van der Waals surface area contributed by atoms with Gasteiger partial charge in [-0.25, -0.2) is 4.99 Å². The molecular formula is C31H49F3N4. The molecule has 1 aliphatic rings. The van der Waals surface area contributed by atoms with E-state index >= 15 is 0 Å². The number of aliphatic imine (C=N–C) groups is 1. The molecule has 1 atom stereocenters. The maximum Gasteiger partial charge on any atom is 0.419 e. The number of anilines is 1. The number of allylic oxidation sites excluding steroid dienone is 2. The molecule has 2 rings (SSSR count). The molecule has 1 unspecified atom stereocenters. The predicted octanol–water partition coefficient (Wildman–Crippen LogP) is 8.43. The van der Waals surface area contributed by atoms with Gasteiger partial charge in [0, 0.05) is 36.1 Å². The third-order valence-corrected chi connectivity index (χ3v) is 7.45. The van der Waals surface area contributed by atoms with Crippen LogP contribution in [-0.2, 0) is 6.42 Å². The Morgan fingerprint density at radius 3 is 2.42 bits per heavy atom. The van der Waals surface area contributed by atoms with Crippen LogP contribution in [0.4, 0.5) is 18.9 Å². The number of rotatable bonds is 15. The summed E-state index contributed by atoms with van der Waals surface area (Å²) < 4.78 is 42.7. The van der Waals surface area contributed by atoms with Crippen LogP contribution >= 0.6 is 0 Å². The first kappa shape index (κ1) is 31.9. The Morgan fingerprint density at radius 1 is 1.16 bits per heavy atom. The smallest absolute Gasteiger partial charge is 0.384 e. The van der Waals surface area contributed by atoms with Crippen molar-refractivity contribution in [2.45, 2.75) is 98.6 Å². The average Bonchev–Trinajstić information content (AvgIpc) is 3.63. The fraction of sp³-hybridized carbons (Fsp3) is 0.645. The Morgan fingerprint density at radius 2 is 1.87 bits per heavy atom. The summed E-state index contributed by atoms with van der Waals surface area (Å²) in [5, 5.41) is 6.41. The van der Waals surface area contributed by atoms with Gasteiger partial charge in [-0.3, -0.25) is 0 Å². The van der Waals surface area contributed by atoms with Gasteiger partial charge in [-0.15, -0.1) is 0 Å². The van der Waals surface area contributed by atoms with Gasteiger partial charge in [-0.2, -0.15) is 13.2 Å². The van der Waals surface area contributed by atoms with Crippen molar-refractivity contribution in [3.8, 4) is 0 Å². The Labute approximate surface area is 228 Å². The zero-order valence-corrected chi connectivity index (χ0v) is 24.6. The third kappa shape index (κ3) is 9.79. The van der Waals surface area contributed by atoms with Gasteiger partial charge in [0.2, 0.25) is 0 Å². The van der Waals surface area contributed by atoms with E-state index in [0.717, 1.165) is 69.1 Å². The van der Waals surface area contributed by atoms with E-state index in [1.807, 2.05) is 13.0 Å². The molecule has 1 aromatic carbocycles. The molecule has 38 heavy (non-hydrogen) atoms. The predicted molar refractivity (Wildman–Crippen MR) is 156 cm³/mol. The molecule has 0 spiro atoms. The van der Waals surface area contributed by atoms with E-state index in [-0.39, 0.29) is 11.1 Å². The summed E-state index contributed by atoms with van der Waals surface area (Å²) in [7, 11) is 2.09. The van der Waals surface area contributed by atoms with Gasteiger partial charge in [-0.1, -0.05) is 59.2 Å². The van der Waals surface area contributed by atoms with Gasteiger partial charge in [0.05, 0.1) is 5.57 Å². The first-order valence-electron chi connectivity index (χ1n) is 14.3. The molecule has 214 valence electrons. The summed E-state index contributed by atoms with van der Waals surface area (Å²) in [5.41, 5.74) is 2.74. The molecule has 0 aromatic heterocycles. The summed E-state index contributed by atoms with van der Waals surface area (Å²) in [4.78, 5) is 6.51. The Kier molecular flexibility index (Phi) is 12.4. The second-order valence-corrected chi connectivity index (χ2v) is 11.0. The van der Waals surface area contributed by atoms with Crippen molar-refractivity contribution in [1.82, 2.24) is 10.2 Å². The van der Waals surface area contributed by atoms with E-state index in [1.54, 1.807) is 13.0 Å². The van der Waals surface area contributed by atoms with Crippen LogP contribution < -0.4 is 10.6 Å². The molecule has 1 aliphatic carbocycles. The van der Waals surface area contributed by atoms with Crippen LogP contribution in [0.25, 0.3) is 0 Å². The summed E-state index contributed by atoms with van der Waals surface area (Å²) in [6.45, 7) is 14.7. The normalized spacial score (nSPS) is 17.1. The van der Waals surface area contributed by atoms with Crippen LogP contribution in [0.3, 0.4) is 0 Å².